The molecule has 0 bridgehead atoms. The summed E-state index contributed by atoms with van der Waals surface area (Å²) in [6, 6.07) is 22.1. The van der Waals surface area contributed by atoms with Crippen LogP contribution in [0.25, 0.3) is 16.5 Å². The molecule has 2 N–H and O–H groups in total. The van der Waals surface area contributed by atoms with Crippen LogP contribution in [0.15, 0.2) is 72.1 Å². The lowest BCUT2D eigenvalue weighted by molar-refractivity contribution is 0.174. The Bertz CT molecular complexity index is 1480. The molecule has 1 unspecified atom stereocenters. The average molecular weight is 422 g/mol. The van der Waals surface area contributed by atoms with Gasteiger partial charge in [-0.25, -0.2) is 4.68 Å². The molecule has 4 aromatic rings. The number of benzene rings is 3. The zero-order chi connectivity index (χ0) is 21.8. The molecule has 6 rings (SSSR count). The van der Waals surface area contributed by atoms with Crippen molar-refractivity contribution in [2.45, 2.75) is 12.8 Å². The molecular weight excluding hydrogens is 404 g/mol. The van der Waals surface area contributed by atoms with Crippen LogP contribution in [0.1, 0.15) is 22.7 Å². The van der Waals surface area contributed by atoms with Crippen LogP contribution in [0, 0.1) is 18.3 Å². The number of aromatic nitrogens is 2. The van der Waals surface area contributed by atoms with Crippen molar-refractivity contribution < 1.29 is 14.2 Å². The van der Waals surface area contributed by atoms with Crippen molar-refractivity contribution >= 4 is 10.8 Å². The SMILES string of the molecule is Cc1nn(-c2ccc3ccccc3c2)c2c1C(c1ccc3c(c1)OCO3)C(C#N)=C(N)O2. The Balaban J connectivity index is 1.55. The lowest BCUT2D eigenvalue weighted by Crippen LogP contribution is -2.22. The summed E-state index contributed by atoms with van der Waals surface area (Å²) in [5.41, 5.74) is 9.86. The molecule has 1 aromatic heterocycles. The Morgan fingerprint density at radius 3 is 2.69 bits per heavy atom. The van der Waals surface area contributed by atoms with Crippen molar-refractivity contribution in [2.24, 2.45) is 5.73 Å². The molecule has 2 aliphatic rings. The van der Waals surface area contributed by atoms with Crippen molar-refractivity contribution in [3.8, 4) is 29.1 Å². The first-order valence-electron chi connectivity index (χ1n) is 10.2. The predicted octanol–water partition coefficient (Wildman–Crippen LogP) is 4.28. The van der Waals surface area contributed by atoms with Gasteiger partial charge in [-0.3, -0.25) is 0 Å². The number of aryl methyl sites for hydroxylation is 1. The van der Waals surface area contributed by atoms with E-state index in [0.717, 1.165) is 33.3 Å². The first-order chi connectivity index (χ1) is 15.6. The van der Waals surface area contributed by atoms with E-state index in [1.54, 1.807) is 4.68 Å². The van der Waals surface area contributed by atoms with Gasteiger partial charge in [-0.2, -0.15) is 10.4 Å². The quantitative estimate of drug-likeness (QED) is 0.518. The average Bonchev–Trinajstić information content (AvgIpc) is 3.41. The summed E-state index contributed by atoms with van der Waals surface area (Å²) < 4.78 is 18.7. The molecule has 7 heteroatoms. The highest BCUT2D eigenvalue weighted by Crippen LogP contribution is 2.46. The van der Waals surface area contributed by atoms with Crippen molar-refractivity contribution in [3.05, 3.63) is 88.9 Å². The van der Waals surface area contributed by atoms with Gasteiger partial charge in [0.2, 0.25) is 18.6 Å². The van der Waals surface area contributed by atoms with Crippen LogP contribution >= 0.6 is 0 Å². The lowest BCUT2D eigenvalue weighted by atomic mass is 9.84. The molecule has 7 nitrogen and oxygen atoms in total. The Kier molecular flexibility index (Phi) is 3.89. The van der Waals surface area contributed by atoms with Gasteiger partial charge in [0.05, 0.1) is 22.9 Å². The number of hydrogen-bond acceptors (Lipinski definition) is 6. The maximum Gasteiger partial charge on any atom is 0.231 e. The van der Waals surface area contributed by atoms with Gasteiger partial charge in [-0.1, -0.05) is 36.4 Å². The lowest BCUT2D eigenvalue weighted by Gasteiger charge is -2.25. The number of nitrogens with zero attached hydrogens (tertiary/aromatic N) is 3. The standard InChI is InChI=1S/C25H18N4O3/c1-14-22-23(17-7-9-20-21(11-17)31-13-30-20)19(12-26)24(27)32-25(22)29(28-14)18-8-6-15-4-2-3-5-16(15)10-18/h2-11,23H,13,27H2,1H3. The molecule has 3 aromatic carbocycles. The van der Waals surface area contributed by atoms with E-state index in [0.29, 0.717) is 23.0 Å². The molecule has 0 spiro atoms. The first kappa shape index (κ1) is 18.3. The van der Waals surface area contributed by atoms with E-state index in [4.69, 9.17) is 25.0 Å². The molecular formula is C25H18N4O3. The molecule has 0 fully saturated rings. The third-order valence-corrected chi connectivity index (χ3v) is 5.94. The summed E-state index contributed by atoms with van der Waals surface area (Å²) in [4.78, 5) is 0. The second-order valence-electron chi connectivity index (χ2n) is 7.78. The second-order valence-corrected chi connectivity index (χ2v) is 7.78. The fraction of sp³-hybridized carbons (Fsp3) is 0.120. The van der Waals surface area contributed by atoms with E-state index in [-0.39, 0.29) is 12.7 Å². The third kappa shape index (κ3) is 2.63. The number of allylic oxidation sites excluding steroid dienone is 1. The summed E-state index contributed by atoms with van der Waals surface area (Å²) in [6.07, 6.45) is 0. The Labute approximate surface area is 183 Å². The Hall–Kier alpha value is -4.44. The van der Waals surface area contributed by atoms with E-state index in [2.05, 4.69) is 24.3 Å². The fourth-order valence-electron chi connectivity index (χ4n) is 4.42. The van der Waals surface area contributed by atoms with Crippen LogP contribution in [0.2, 0.25) is 0 Å². The van der Waals surface area contributed by atoms with Crippen LogP contribution in [-0.2, 0) is 0 Å². The number of nitriles is 1. The second kappa shape index (κ2) is 6.79. The summed E-state index contributed by atoms with van der Waals surface area (Å²) in [5, 5.41) is 16.9. The van der Waals surface area contributed by atoms with Gasteiger partial charge in [0.1, 0.15) is 11.6 Å². The topological polar surface area (TPSA) is 95.3 Å². The molecule has 2 aliphatic heterocycles. The van der Waals surface area contributed by atoms with E-state index >= 15 is 0 Å². The van der Waals surface area contributed by atoms with E-state index in [9.17, 15) is 5.26 Å². The number of nitrogens with two attached hydrogens (primary N) is 1. The molecule has 0 saturated carbocycles. The van der Waals surface area contributed by atoms with E-state index < -0.39 is 5.92 Å². The molecule has 1 atom stereocenters. The normalized spacial score (nSPS) is 16.6. The van der Waals surface area contributed by atoms with Gasteiger partial charge in [0, 0.05) is 0 Å². The minimum Gasteiger partial charge on any atom is -0.454 e. The highest BCUT2D eigenvalue weighted by atomic mass is 16.7. The summed E-state index contributed by atoms with van der Waals surface area (Å²) in [5.74, 6) is 1.49. The van der Waals surface area contributed by atoms with E-state index in [1.807, 2.05) is 49.4 Å². The summed E-state index contributed by atoms with van der Waals surface area (Å²) >= 11 is 0. The Morgan fingerprint density at radius 1 is 1.03 bits per heavy atom. The fourth-order valence-corrected chi connectivity index (χ4v) is 4.42. The highest BCUT2D eigenvalue weighted by Gasteiger charge is 2.36. The van der Waals surface area contributed by atoms with Gasteiger partial charge < -0.3 is 19.9 Å². The van der Waals surface area contributed by atoms with E-state index in [1.165, 1.54) is 0 Å². The maximum absolute atomic E-state index is 9.89. The van der Waals surface area contributed by atoms with Crippen LogP contribution in [0.4, 0.5) is 0 Å². The van der Waals surface area contributed by atoms with Crippen LogP contribution < -0.4 is 19.9 Å². The molecule has 0 radical (unpaired) electrons. The van der Waals surface area contributed by atoms with Crippen LogP contribution in [0.3, 0.4) is 0 Å². The highest BCUT2D eigenvalue weighted by molar-refractivity contribution is 5.84. The molecule has 32 heavy (non-hydrogen) atoms. The van der Waals surface area contributed by atoms with Crippen LogP contribution in [-0.4, -0.2) is 16.6 Å². The van der Waals surface area contributed by atoms with Crippen molar-refractivity contribution in [3.63, 3.8) is 0 Å². The number of ether oxygens (including phenoxy) is 3. The van der Waals surface area contributed by atoms with Gasteiger partial charge >= 0.3 is 0 Å². The van der Waals surface area contributed by atoms with Crippen molar-refractivity contribution in [2.75, 3.05) is 6.79 Å². The van der Waals surface area contributed by atoms with Crippen molar-refractivity contribution in [1.29, 1.82) is 5.26 Å². The van der Waals surface area contributed by atoms with Gasteiger partial charge in [0.15, 0.2) is 11.5 Å². The van der Waals surface area contributed by atoms with Crippen molar-refractivity contribution in [1.82, 2.24) is 9.78 Å². The molecule has 0 aliphatic carbocycles. The largest absolute Gasteiger partial charge is 0.454 e. The number of hydrogen-bond donors (Lipinski definition) is 1. The smallest absolute Gasteiger partial charge is 0.231 e. The molecule has 0 saturated heterocycles. The predicted molar refractivity (Wildman–Crippen MR) is 118 cm³/mol. The van der Waals surface area contributed by atoms with Gasteiger partial charge in [-0.05, 0) is 47.5 Å². The molecule has 0 amide bonds. The summed E-state index contributed by atoms with van der Waals surface area (Å²) in [7, 11) is 0. The van der Waals surface area contributed by atoms with Gasteiger partial charge in [0.25, 0.3) is 0 Å². The zero-order valence-corrected chi connectivity index (χ0v) is 17.2. The van der Waals surface area contributed by atoms with Crippen LogP contribution in [0.5, 0.6) is 17.4 Å². The van der Waals surface area contributed by atoms with Gasteiger partial charge in [-0.15, -0.1) is 0 Å². The first-order valence-corrected chi connectivity index (χ1v) is 10.2. The molecule has 3 heterocycles. The summed E-state index contributed by atoms with van der Waals surface area (Å²) in [6.45, 7) is 2.09. The minimum absolute atomic E-state index is 0.0737. The molecule has 156 valence electrons. The Morgan fingerprint density at radius 2 is 1.84 bits per heavy atom. The minimum atomic E-state index is -0.424. The monoisotopic (exact) mass is 422 g/mol. The number of fused-ring (bicyclic) bond motifs is 3. The zero-order valence-electron chi connectivity index (χ0n) is 17.2. The number of rotatable bonds is 2. The maximum atomic E-state index is 9.89. The third-order valence-electron chi connectivity index (χ3n) is 5.94.